The van der Waals surface area contributed by atoms with Gasteiger partial charge in [0.15, 0.2) is 17.1 Å². The zero-order chi connectivity index (χ0) is 36.2. The topological polar surface area (TPSA) is 259 Å². The van der Waals surface area contributed by atoms with Crippen LogP contribution in [0.5, 0.6) is 11.5 Å². The Hall–Kier alpha value is -5.52. The molecule has 5 heterocycles. The van der Waals surface area contributed by atoms with Gasteiger partial charge in [-0.25, -0.2) is 24.3 Å². The quantitative estimate of drug-likeness (QED) is 0.0506. The molecule has 5 aromatic rings. The average Bonchev–Trinajstić information content (AvgIpc) is 3.82. The van der Waals surface area contributed by atoms with Crippen molar-refractivity contribution in [2.24, 2.45) is 5.11 Å². The third kappa shape index (κ3) is 5.70. The number of nitrogens with one attached hydrogen (secondary N) is 1. The summed E-state index contributed by atoms with van der Waals surface area (Å²) in [6, 6.07) is 16.6. The first kappa shape index (κ1) is 33.6. The summed E-state index contributed by atoms with van der Waals surface area (Å²) in [5, 5.41) is 16.3. The number of carbonyl (C=O) groups is 2. The van der Waals surface area contributed by atoms with Gasteiger partial charge in [0, 0.05) is 45.5 Å². The van der Waals surface area contributed by atoms with E-state index in [4.69, 9.17) is 30.0 Å². The molecule has 1 amide bonds. The molecule has 3 aromatic carbocycles. The summed E-state index contributed by atoms with van der Waals surface area (Å²) >= 11 is 0.397. The SMILES string of the molecule is [N-]=[N+]=Nc1ccc2c(c1)Oc1cc(NC(=O)CSP(=O)(O)O[C@H]3C[C@H](n4cnc5c(N)ncnc54)O[C@@H]3CO)ccc1C21OC(=O)c2ccccc21. The van der Waals surface area contributed by atoms with E-state index in [0.29, 0.717) is 44.8 Å². The van der Waals surface area contributed by atoms with E-state index in [1.54, 1.807) is 53.1 Å². The fraction of sp³-hybridized carbons (Fsp3) is 0.219. The van der Waals surface area contributed by atoms with Crippen molar-refractivity contribution < 1.29 is 42.9 Å². The number of esters is 1. The maximum Gasteiger partial charge on any atom is 0.387 e. The smallest absolute Gasteiger partial charge is 0.387 e. The highest BCUT2D eigenvalue weighted by Crippen LogP contribution is 2.59. The second-order valence-electron chi connectivity index (χ2n) is 11.9. The van der Waals surface area contributed by atoms with Gasteiger partial charge in [0.05, 0.1) is 24.3 Å². The van der Waals surface area contributed by atoms with Gasteiger partial charge in [-0.3, -0.25) is 13.9 Å². The van der Waals surface area contributed by atoms with Crippen LogP contribution in [0.4, 0.5) is 17.2 Å². The van der Waals surface area contributed by atoms with Gasteiger partial charge < -0.3 is 35.3 Å². The van der Waals surface area contributed by atoms with Crippen LogP contribution in [0.2, 0.25) is 0 Å². The number of nitrogen functional groups attached to an aromatic ring is 1. The molecule has 3 aliphatic rings. The minimum atomic E-state index is -4.45. The molecule has 2 aromatic heterocycles. The van der Waals surface area contributed by atoms with Crippen molar-refractivity contribution >= 4 is 58.4 Å². The Kier molecular flexibility index (Phi) is 8.35. The molecule has 5 N–H and O–H groups in total. The second-order valence-corrected chi connectivity index (χ2v) is 15.7. The monoisotopic (exact) mass is 743 g/mol. The predicted molar refractivity (Wildman–Crippen MR) is 185 cm³/mol. The van der Waals surface area contributed by atoms with Crippen molar-refractivity contribution in [2.75, 3.05) is 23.4 Å². The van der Waals surface area contributed by atoms with Crippen LogP contribution in [0.25, 0.3) is 21.6 Å². The molecule has 2 unspecified atom stereocenters. The first-order valence-corrected chi connectivity index (χ1v) is 18.8. The van der Waals surface area contributed by atoms with Crippen molar-refractivity contribution in [1.29, 1.82) is 0 Å². The highest BCUT2D eigenvalue weighted by molar-refractivity contribution is 8.55. The number of anilines is 2. The van der Waals surface area contributed by atoms with Gasteiger partial charge in [-0.1, -0.05) is 35.4 Å². The van der Waals surface area contributed by atoms with Crippen LogP contribution in [0, 0.1) is 0 Å². The molecule has 3 aliphatic heterocycles. The number of hydrogen-bond donors (Lipinski definition) is 4. The Bertz CT molecular complexity index is 2390. The van der Waals surface area contributed by atoms with E-state index in [2.05, 4.69) is 30.3 Å². The molecule has 8 rings (SSSR count). The second kappa shape index (κ2) is 12.9. The highest BCUT2D eigenvalue weighted by atomic mass is 32.7. The first-order valence-electron chi connectivity index (χ1n) is 15.6. The number of benzene rings is 3. The van der Waals surface area contributed by atoms with Crippen molar-refractivity contribution in [3.8, 4) is 11.5 Å². The van der Waals surface area contributed by atoms with E-state index >= 15 is 0 Å². The Morgan fingerprint density at radius 3 is 2.75 bits per heavy atom. The summed E-state index contributed by atoms with van der Waals surface area (Å²) in [5.74, 6) is -0.926. The third-order valence-corrected chi connectivity index (χ3v) is 11.7. The van der Waals surface area contributed by atoms with Crippen LogP contribution < -0.4 is 15.8 Å². The van der Waals surface area contributed by atoms with Crippen LogP contribution in [0.3, 0.4) is 0 Å². The Balaban J connectivity index is 0.978. The van der Waals surface area contributed by atoms with Crippen molar-refractivity contribution in [3.05, 3.63) is 106 Å². The normalized spacial score (nSPS) is 22.4. The van der Waals surface area contributed by atoms with Crippen molar-refractivity contribution in [2.45, 2.75) is 30.5 Å². The summed E-state index contributed by atoms with van der Waals surface area (Å²) in [6.45, 7) is -4.95. The van der Waals surface area contributed by atoms with Crippen molar-refractivity contribution in [1.82, 2.24) is 19.5 Å². The van der Waals surface area contributed by atoms with E-state index < -0.39 is 55.1 Å². The lowest BCUT2D eigenvalue weighted by molar-refractivity contribution is -0.113. The number of nitrogens with two attached hydrogens (primary N) is 1. The zero-order valence-corrected chi connectivity index (χ0v) is 28.3. The minimum absolute atomic E-state index is 0.0712. The van der Waals surface area contributed by atoms with E-state index in [1.807, 2.05) is 0 Å². The molecule has 0 saturated carbocycles. The molecule has 0 bridgehead atoms. The fourth-order valence-corrected chi connectivity index (χ4v) is 8.95. The number of amides is 1. The number of rotatable bonds is 9. The lowest BCUT2D eigenvalue weighted by atomic mass is 9.77. The molecule has 264 valence electrons. The Morgan fingerprint density at radius 2 is 1.94 bits per heavy atom. The van der Waals surface area contributed by atoms with Crippen LogP contribution in [0.15, 0.2) is 78.4 Å². The number of hydrogen-bond acceptors (Lipinski definition) is 14. The molecular formula is C32H26N9O9PS. The van der Waals surface area contributed by atoms with Crippen LogP contribution in [-0.2, 0) is 29.0 Å². The van der Waals surface area contributed by atoms with E-state index in [1.165, 1.54) is 24.8 Å². The van der Waals surface area contributed by atoms with Crippen LogP contribution in [-0.4, -0.2) is 66.0 Å². The number of imidazole rings is 1. The number of fused-ring (bicyclic) bond motifs is 7. The van der Waals surface area contributed by atoms with E-state index in [-0.39, 0.29) is 35.1 Å². The average molecular weight is 744 g/mol. The zero-order valence-electron chi connectivity index (χ0n) is 26.6. The Labute approximate surface area is 296 Å². The summed E-state index contributed by atoms with van der Waals surface area (Å²) in [5.41, 5.74) is 16.7. The molecule has 52 heavy (non-hydrogen) atoms. The molecular weight excluding hydrogens is 717 g/mol. The molecule has 1 saturated heterocycles. The van der Waals surface area contributed by atoms with Crippen LogP contribution in [0.1, 0.15) is 39.7 Å². The maximum absolute atomic E-state index is 13.1. The van der Waals surface area contributed by atoms with Gasteiger partial charge >= 0.3 is 12.8 Å². The number of carbonyl (C=O) groups excluding carboxylic acids is 2. The molecule has 18 nitrogen and oxygen atoms in total. The molecule has 5 atom stereocenters. The minimum Gasteiger partial charge on any atom is -0.456 e. The Morgan fingerprint density at radius 1 is 1.15 bits per heavy atom. The standard InChI is InChI=1S/C32H26N9O9PS/c33-29-28-30(36-14-35-29)41(15-37-28)27-11-24(25(12-42)48-27)50-51(45,46)52-13-26(43)38-16-5-7-20-22(9-16)47-23-10-17(39-40-34)6-8-21(23)32(20)19-4-2-1-3-18(19)31(44)49-32/h1-10,14-15,24-25,27,42H,11-13H2,(H,38,43)(H,45,46)(H2,33,35,36)/t24-,25+,27+,32?/m0/s1. The lowest BCUT2D eigenvalue weighted by Gasteiger charge is -2.36. The molecule has 20 heteroatoms. The molecule has 1 spiro atoms. The van der Waals surface area contributed by atoms with Gasteiger partial charge in [0.25, 0.3) is 0 Å². The van der Waals surface area contributed by atoms with E-state index in [9.17, 15) is 24.2 Å². The van der Waals surface area contributed by atoms with Gasteiger partial charge in [0.1, 0.15) is 41.8 Å². The number of aromatic nitrogens is 4. The summed E-state index contributed by atoms with van der Waals surface area (Å²) < 4.78 is 38.4. The number of nitrogens with zero attached hydrogens (tertiary/aromatic N) is 7. The van der Waals surface area contributed by atoms with Crippen molar-refractivity contribution in [3.63, 3.8) is 0 Å². The summed E-state index contributed by atoms with van der Waals surface area (Å²) in [6.07, 6.45) is 0.0986. The van der Waals surface area contributed by atoms with Gasteiger partial charge in [-0.2, -0.15) is 0 Å². The summed E-state index contributed by atoms with van der Waals surface area (Å²) in [4.78, 5) is 52.0. The number of ether oxygens (including phenoxy) is 3. The molecule has 0 aliphatic carbocycles. The highest BCUT2D eigenvalue weighted by Gasteiger charge is 2.53. The third-order valence-electron chi connectivity index (χ3n) is 8.83. The first-order chi connectivity index (χ1) is 25.1. The van der Waals surface area contributed by atoms with Crippen LogP contribution >= 0.6 is 18.2 Å². The number of aliphatic hydroxyl groups excluding tert-OH is 1. The number of aliphatic hydroxyl groups is 1. The number of azide groups is 1. The maximum atomic E-state index is 13.1. The molecule has 1 fully saturated rings. The lowest BCUT2D eigenvalue weighted by Crippen LogP contribution is -2.33. The van der Waals surface area contributed by atoms with E-state index in [0.717, 1.165) is 0 Å². The van der Waals surface area contributed by atoms with Gasteiger partial charge in [0.2, 0.25) is 5.91 Å². The summed E-state index contributed by atoms with van der Waals surface area (Å²) in [7, 11) is 0. The fourth-order valence-electron chi connectivity index (χ4n) is 6.62. The predicted octanol–water partition coefficient (Wildman–Crippen LogP) is 5.06. The largest absolute Gasteiger partial charge is 0.456 e. The molecule has 0 radical (unpaired) electrons. The van der Waals surface area contributed by atoms with Gasteiger partial charge in [-0.15, -0.1) is 0 Å². The van der Waals surface area contributed by atoms with Gasteiger partial charge in [-0.05, 0) is 41.2 Å².